The van der Waals surface area contributed by atoms with Crippen LogP contribution >= 0.6 is 11.8 Å². The van der Waals surface area contributed by atoms with Gasteiger partial charge in [0.1, 0.15) is 30.2 Å². The van der Waals surface area contributed by atoms with Gasteiger partial charge in [-0.1, -0.05) is 18.2 Å². The summed E-state index contributed by atoms with van der Waals surface area (Å²) in [6.07, 6.45) is 1.68. The Bertz CT molecular complexity index is 1520. The average Bonchev–Trinajstić information content (AvgIpc) is 3.47. The molecule has 0 aliphatic rings. The van der Waals surface area contributed by atoms with Gasteiger partial charge >= 0.3 is 5.97 Å². The number of carboxylic acids is 1. The molecule has 1 heterocycles. The van der Waals surface area contributed by atoms with Crippen LogP contribution in [0.3, 0.4) is 0 Å². The van der Waals surface area contributed by atoms with Crippen LogP contribution < -0.4 is 38.1 Å². The van der Waals surface area contributed by atoms with Crippen LogP contribution in [0.4, 0.5) is 0 Å². The summed E-state index contributed by atoms with van der Waals surface area (Å²) in [7, 11) is 0. The third-order valence-electron chi connectivity index (χ3n) is 7.63. The second kappa shape index (κ2) is 20.1. The highest BCUT2D eigenvalue weighted by Gasteiger charge is 2.33. The summed E-state index contributed by atoms with van der Waals surface area (Å²) < 4.78 is 0. The quantitative estimate of drug-likeness (QED) is 0.0613. The topological polar surface area (TPSA) is 308 Å². The van der Waals surface area contributed by atoms with Gasteiger partial charge in [-0.15, -0.1) is 0 Å². The molecule has 0 saturated heterocycles. The molecule has 0 spiro atoms. The number of H-pyrrole nitrogens is 1. The van der Waals surface area contributed by atoms with Crippen molar-refractivity contribution in [2.45, 2.75) is 81.9 Å². The van der Waals surface area contributed by atoms with E-state index in [0.717, 1.165) is 17.8 Å². The fraction of sp³-hybridized carbons (Fsp3) is 0.516. The summed E-state index contributed by atoms with van der Waals surface area (Å²) in [5.74, 6) is -6.15. The zero-order chi connectivity index (χ0) is 37.5. The predicted molar refractivity (Wildman–Crippen MR) is 183 cm³/mol. The van der Waals surface area contributed by atoms with Crippen LogP contribution in [0.1, 0.15) is 38.7 Å². The Morgan fingerprint density at radius 1 is 0.840 bits per heavy atom. The van der Waals surface area contributed by atoms with Crippen molar-refractivity contribution in [3.05, 3.63) is 36.0 Å². The maximum atomic E-state index is 13.6. The maximum absolute atomic E-state index is 13.6. The molecule has 13 N–H and O–H groups in total. The number of aliphatic hydroxyl groups is 2. The highest BCUT2D eigenvalue weighted by molar-refractivity contribution is 7.98. The fourth-order valence-corrected chi connectivity index (χ4v) is 5.21. The number of hydrogen-bond acceptors (Lipinski definition) is 11. The number of aromatic amines is 1. The Balaban J connectivity index is 2.23. The van der Waals surface area contributed by atoms with E-state index in [1.54, 1.807) is 6.20 Å². The van der Waals surface area contributed by atoms with E-state index < -0.39 is 90.4 Å². The van der Waals surface area contributed by atoms with Crippen molar-refractivity contribution in [1.82, 2.24) is 31.6 Å². The minimum atomic E-state index is -1.73. The number of carbonyl (C=O) groups excluding carboxylic acids is 6. The normalized spacial score (nSPS) is 15.3. The van der Waals surface area contributed by atoms with Gasteiger partial charge in [0.2, 0.25) is 35.4 Å². The van der Waals surface area contributed by atoms with E-state index in [1.807, 2.05) is 35.8 Å². The van der Waals surface area contributed by atoms with Crippen molar-refractivity contribution in [2.24, 2.45) is 11.5 Å². The van der Waals surface area contributed by atoms with Crippen molar-refractivity contribution >= 4 is 64.1 Å². The zero-order valence-electron chi connectivity index (χ0n) is 27.9. The Morgan fingerprint density at radius 3 is 2.06 bits per heavy atom. The molecular weight excluding hydrogens is 676 g/mol. The van der Waals surface area contributed by atoms with Crippen molar-refractivity contribution in [1.29, 1.82) is 0 Å². The SMILES string of the molecule is CSCC[C@H](N)C(=O)N[C@@H](Cc1c[nH]c2ccccc12)C(=O)N[C@@H](C)C(=O)N[C@@H](CCC(N)=O)C(=O)N[C@H](C(=O)N[C@@H](CO)C(=O)O)[C@@H](C)O. The number of nitrogens with two attached hydrogens (primary N) is 2. The van der Waals surface area contributed by atoms with Gasteiger partial charge in [0, 0.05) is 29.9 Å². The minimum absolute atomic E-state index is 0.0383. The molecule has 19 heteroatoms. The lowest BCUT2D eigenvalue weighted by Crippen LogP contribution is -2.61. The number of aliphatic hydroxyl groups excluding tert-OH is 2. The van der Waals surface area contributed by atoms with Gasteiger partial charge in [-0.3, -0.25) is 28.8 Å². The van der Waals surface area contributed by atoms with Gasteiger partial charge in [0.05, 0.1) is 18.8 Å². The molecule has 6 amide bonds. The number of rotatable bonds is 21. The van der Waals surface area contributed by atoms with E-state index in [9.17, 15) is 43.8 Å². The lowest BCUT2D eigenvalue weighted by molar-refractivity contribution is -0.144. The van der Waals surface area contributed by atoms with Crippen molar-refractivity contribution in [3.63, 3.8) is 0 Å². The second-order valence-corrected chi connectivity index (χ2v) is 12.6. The van der Waals surface area contributed by atoms with E-state index in [-0.39, 0.29) is 19.3 Å². The van der Waals surface area contributed by atoms with Crippen LogP contribution in [0.2, 0.25) is 0 Å². The van der Waals surface area contributed by atoms with E-state index in [2.05, 4.69) is 26.3 Å². The van der Waals surface area contributed by atoms with Gasteiger partial charge in [0.15, 0.2) is 0 Å². The number of nitrogens with one attached hydrogen (secondary N) is 6. The Hall–Kier alpha value is -4.72. The van der Waals surface area contributed by atoms with Gasteiger partial charge in [-0.25, -0.2) is 4.79 Å². The Morgan fingerprint density at radius 2 is 1.46 bits per heavy atom. The summed E-state index contributed by atoms with van der Waals surface area (Å²) in [5.41, 5.74) is 12.8. The molecule has 50 heavy (non-hydrogen) atoms. The molecule has 0 bridgehead atoms. The zero-order valence-corrected chi connectivity index (χ0v) is 28.7. The fourth-order valence-electron chi connectivity index (χ4n) is 4.72. The molecule has 7 atom stereocenters. The first-order chi connectivity index (χ1) is 23.6. The summed E-state index contributed by atoms with van der Waals surface area (Å²) in [5, 5.41) is 41.0. The average molecular weight is 723 g/mol. The van der Waals surface area contributed by atoms with Gasteiger partial charge in [-0.2, -0.15) is 11.8 Å². The van der Waals surface area contributed by atoms with E-state index in [0.29, 0.717) is 17.7 Å². The van der Waals surface area contributed by atoms with Crippen molar-refractivity contribution in [2.75, 3.05) is 18.6 Å². The third kappa shape index (κ3) is 12.6. The third-order valence-corrected chi connectivity index (χ3v) is 8.27. The van der Waals surface area contributed by atoms with Crippen LogP contribution in [0.5, 0.6) is 0 Å². The number of thioether (sulfide) groups is 1. The number of fused-ring (bicyclic) bond motifs is 1. The number of hydrogen-bond donors (Lipinski definition) is 11. The number of carboxylic acid groups (broad SMARTS) is 1. The molecule has 0 saturated carbocycles. The molecule has 0 fully saturated rings. The standard InChI is InChI=1S/C31H46N8O10S/c1-15(26(43)36-21(8-9-24(33)42)28(45)39-25(16(2)41)30(47)38-23(14-40)31(48)49)35-29(46)22(37-27(44)19(32)10-11-50-3)12-17-13-34-20-7-5-4-6-18(17)20/h4-7,13,15-16,19,21-23,25,34,40-41H,8-12,14,32H2,1-3H3,(H2,33,42)(H,35,46)(H,36,43)(H,37,44)(H,38,47)(H,39,45)(H,48,49)/t15-,16+,19-,21-,22-,23-,25-/m0/s1. The molecule has 0 aliphatic carbocycles. The second-order valence-electron chi connectivity index (χ2n) is 11.6. The van der Waals surface area contributed by atoms with Crippen LogP contribution in [0.15, 0.2) is 30.5 Å². The molecule has 2 aromatic rings. The Labute approximate surface area is 292 Å². The first kappa shape index (κ1) is 41.5. The number of amides is 6. The van der Waals surface area contributed by atoms with E-state index in [4.69, 9.17) is 16.6 Å². The number of aromatic nitrogens is 1. The summed E-state index contributed by atoms with van der Waals surface area (Å²) in [4.78, 5) is 91.4. The highest BCUT2D eigenvalue weighted by Crippen LogP contribution is 2.19. The molecule has 1 aromatic heterocycles. The highest BCUT2D eigenvalue weighted by atomic mass is 32.2. The summed E-state index contributed by atoms with van der Waals surface area (Å²) in [6, 6.07) is -0.963. The lowest BCUT2D eigenvalue weighted by atomic mass is 10.0. The molecule has 2 rings (SSSR count). The number of benzene rings is 1. The number of aliphatic carboxylic acids is 1. The van der Waals surface area contributed by atoms with Crippen LogP contribution in [0.25, 0.3) is 10.9 Å². The molecular formula is C31H46N8O10S. The molecule has 18 nitrogen and oxygen atoms in total. The largest absolute Gasteiger partial charge is 0.480 e. The monoisotopic (exact) mass is 722 g/mol. The predicted octanol–water partition coefficient (Wildman–Crippen LogP) is -3.04. The summed E-state index contributed by atoms with van der Waals surface area (Å²) >= 11 is 1.51. The summed E-state index contributed by atoms with van der Waals surface area (Å²) in [6.45, 7) is 1.48. The first-order valence-corrected chi connectivity index (χ1v) is 17.1. The molecule has 1 aromatic carbocycles. The minimum Gasteiger partial charge on any atom is -0.480 e. The van der Waals surface area contributed by atoms with E-state index in [1.165, 1.54) is 18.7 Å². The number of para-hydroxylation sites is 1. The number of carbonyl (C=O) groups is 7. The van der Waals surface area contributed by atoms with Crippen LogP contribution in [0, 0.1) is 0 Å². The van der Waals surface area contributed by atoms with Crippen molar-refractivity contribution in [3.8, 4) is 0 Å². The molecule has 0 aliphatic heterocycles. The van der Waals surface area contributed by atoms with Crippen molar-refractivity contribution < 1.29 is 48.9 Å². The molecule has 0 radical (unpaired) electrons. The van der Waals surface area contributed by atoms with Gasteiger partial charge in [-0.05, 0) is 50.3 Å². The molecule has 276 valence electrons. The van der Waals surface area contributed by atoms with Crippen LogP contribution in [-0.4, -0.2) is 123 Å². The van der Waals surface area contributed by atoms with Gasteiger partial charge in [0.25, 0.3) is 0 Å². The van der Waals surface area contributed by atoms with Gasteiger partial charge < -0.3 is 58.4 Å². The number of primary amides is 1. The maximum Gasteiger partial charge on any atom is 0.328 e. The lowest BCUT2D eigenvalue weighted by Gasteiger charge is -2.27. The Kier molecular flexibility index (Phi) is 16.6. The van der Waals surface area contributed by atoms with E-state index >= 15 is 0 Å². The van der Waals surface area contributed by atoms with Crippen LogP contribution in [-0.2, 0) is 40.0 Å². The first-order valence-electron chi connectivity index (χ1n) is 15.7. The molecule has 0 unspecified atom stereocenters. The smallest absolute Gasteiger partial charge is 0.328 e.